The minimum absolute atomic E-state index is 0.557. The highest BCUT2D eigenvalue weighted by molar-refractivity contribution is 6.34. The van der Waals surface area contributed by atoms with Crippen molar-refractivity contribution in [3.63, 3.8) is 0 Å². The molecule has 0 nitrogen and oxygen atoms in total. The predicted octanol–water partition coefficient (Wildman–Crippen LogP) is 6.53. The highest BCUT2D eigenvalue weighted by atomic mass is 35.5. The van der Waals surface area contributed by atoms with Gasteiger partial charge in [-0.3, -0.25) is 0 Å². The lowest BCUT2D eigenvalue weighted by molar-refractivity contribution is 0.584. The number of hydrogen-bond acceptors (Lipinski definition) is 0. The lowest BCUT2D eigenvalue weighted by Gasteiger charge is -2.25. The zero-order chi connectivity index (χ0) is 14.7. The molecular weight excluding hydrogens is 264 g/mol. The van der Waals surface area contributed by atoms with E-state index in [0.29, 0.717) is 11.8 Å². The molecule has 1 unspecified atom stereocenters. The van der Waals surface area contributed by atoms with Crippen LogP contribution in [0.15, 0.2) is 40.9 Å². The van der Waals surface area contributed by atoms with Crippen LogP contribution in [0.1, 0.15) is 64.0 Å². The van der Waals surface area contributed by atoms with Crippen LogP contribution in [0.5, 0.6) is 0 Å². The van der Waals surface area contributed by atoms with Crippen LogP contribution in [0.3, 0.4) is 0 Å². The Morgan fingerprint density at radius 3 is 2.60 bits per heavy atom. The van der Waals surface area contributed by atoms with Gasteiger partial charge in [-0.2, -0.15) is 0 Å². The second-order valence-electron chi connectivity index (χ2n) is 5.99. The molecule has 0 fully saturated rings. The largest absolute Gasteiger partial charge is 0.0840 e. The lowest BCUT2D eigenvalue weighted by atomic mass is 9.81. The third-order valence-corrected chi connectivity index (χ3v) is 4.72. The number of hydrogen-bond donors (Lipinski definition) is 0. The smallest absolute Gasteiger partial charge is 0.0443 e. The van der Waals surface area contributed by atoms with Gasteiger partial charge in [0.15, 0.2) is 0 Å². The maximum atomic E-state index is 6.55. The van der Waals surface area contributed by atoms with Crippen LogP contribution >= 0.6 is 11.6 Å². The van der Waals surface area contributed by atoms with Crippen molar-refractivity contribution in [1.29, 1.82) is 0 Å². The molecule has 1 aliphatic rings. The quantitative estimate of drug-likeness (QED) is 0.591. The molecule has 0 saturated carbocycles. The van der Waals surface area contributed by atoms with E-state index in [1.54, 1.807) is 0 Å². The normalized spacial score (nSPS) is 19.5. The Labute approximate surface area is 128 Å². The summed E-state index contributed by atoms with van der Waals surface area (Å²) < 4.78 is 0. The molecule has 0 aromatic heterocycles. The van der Waals surface area contributed by atoms with E-state index in [9.17, 15) is 0 Å². The highest BCUT2D eigenvalue weighted by Gasteiger charge is 2.21. The van der Waals surface area contributed by atoms with Crippen molar-refractivity contribution in [3.8, 4) is 0 Å². The van der Waals surface area contributed by atoms with Crippen LogP contribution in [0.4, 0.5) is 0 Å². The fraction of sp³-hybridized carbons (Fsp3) is 0.474. The SMILES string of the molecule is CCC1=CC(Cl)=C(c2cccc(C(C)C)c2)CC1CC. The van der Waals surface area contributed by atoms with Gasteiger partial charge < -0.3 is 0 Å². The van der Waals surface area contributed by atoms with Gasteiger partial charge in [0.2, 0.25) is 0 Å². The molecule has 2 rings (SSSR count). The Morgan fingerprint density at radius 1 is 1.25 bits per heavy atom. The molecule has 0 bridgehead atoms. The van der Waals surface area contributed by atoms with Crippen molar-refractivity contribution in [2.75, 3.05) is 0 Å². The Bertz CT molecular complexity index is 534. The van der Waals surface area contributed by atoms with Crippen molar-refractivity contribution in [2.24, 2.45) is 5.92 Å². The lowest BCUT2D eigenvalue weighted by Crippen LogP contribution is -2.09. The third kappa shape index (κ3) is 3.17. The molecule has 0 heterocycles. The van der Waals surface area contributed by atoms with Crippen molar-refractivity contribution in [1.82, 2.24) is 0 Å². The fourth-order valence-electron chi connectivity index (χ4n) is 2.98. The molecule has 0 N–H and O–H groups in total. The molecule has 1 aromatic carbocycles. The molecule has 0 saturated heterocycles. The van der Waals surface area contributed by atoms with E-state index < -0.39 is 0 Å². The molecule has 1 aromatic rings. The summed E-state index contributed by atoms with van der Waals surface area (Å²) in [5, 5.41) is 0.937. The average Bonchev–Trinajstić information content (AvgIpc) is 2.46. The van der Waals surface area contributed by atoms with Crippen molar-refractivity contribution in [3.05, 3.63) is 52.1 Å². The molecule has 1 atom stereocenters. The summed E-state index contributed by atoms with van der Waals surface area (Å²) in [6, 6.07) is 8.86. The molecule has 0 radical (unpaired) electrons. The van der Waals surface area contributed by atoms with Gasteiger partial charge in [-0.25, -0.2) is 0 Å². The van der Waals surface area contributed by atoms with Crippen LogP contribution in [-0.4, -0.2) is 0 Å². The number of halogens is 1. The standard InChI is InChI=1S/C19H25Cl/c1-5-14-11-18(19(20)12-15(14)6-2)17-9-7-8-16(10-17)13(3)4/h7-10,12-14H,5-6,11H2,1-4H3. The average molecular weight is 289 g/mol. The summed E-state index contributed by atoms with van der Waals surface area (Å²) in [6.45, 7) is 8.97. The maximum absolute atomic E-state index is 6.55. The van der Waals surface area contributed by atoms with E-state index in [1.807, 2.05) is 0 Å². The monoisotopic (exact) mass is 288 g/mol. The minimum Gasteiger partial charge on any atom is -0.0840 e. The van der Waals surface area contributed by atoms with Gasteiger partial charge in [0.1, 0.15) is 0 Å². The number of rotatable bonds is 4. The Kier molecular flexibility index (Phi) is 5.10. The summed E-state index contributed by atoms with van der Waals surface area (Å²) in [6.07, 6.45) is 5.58. The molecule has 0 spiro atoms. The van der Waals surface area contributed by atoms with Crippen LogP contribution < -0.4 is 0 Å². The zero-order valence-electron chi connectivity index (χ0n) is 13.0. The van der Waals surface area contributed by atoms with Crippen LogP contribution in [0, 0.1) is 5.92 Å². The summed E-state index contributed by atoms with van der Waals surface area (Å²) in [4.78, 5) is 0. The number of benzene rings is 1. The van der Waals surface area contributed by atoms with Gasteiger partial charge in [-0.05, 0) is 53.9 Å². The first-order chi connectivity index (χ1) is 9.56. The highest BCUT2D eigenvalue weighted by Crippen LogP contribution is 2.39. The second kappa shape index (κ2) is 6.63. The summed E-state index contributed by atoms with van der Waals surface area (Å²) in [7, 11) is 0. The van der Waals surface area contributed by atoms with E-state index in [2.05, 4.69) is 58.0 Å². The topological polar surface area (TPSA) is 0 Å². The molecular formula is C19H25Cl. The Hall–Kier alpha value is -1.01. The fourth-order valence-corrected chi connectivity index (χ4v) is 3.31. The minimum atomic E-state index is 0.557. The number of allylic oxidation sites excluding steroid dienone is 4. The molecule has 0 amide bonds. The molecule has 20 heavy (non-hydrogen) atoms. The zero-order valence-corrected chi connectivity index (χ0v) is 13.8. The third-order valence-electron chi connectivity index (χ3n) is 4.38. The van der Waals surface area contributed by atoms with Crippen molar-refractivity contribution >= 4 is 17.2 Å². The first-order valence-electron chi connectivity index (χ1n) is 7.76. The van der Waals surface area contributed by atoms with Crippen LogP contribution in [0.25, 0.3) is 5.57 Å². The van der Waals surface area contributed by atoms with E-state index in [-0.39, 0.29) is 0 Å². The predicted molar refractivity (Wildman–Crippen MR) is 90.1 cm³/mol. The van der Waals surface area contributed by atoms with Gasteiger partial charge in [0, 0.05) is 5.03 Å². The van der Waals surface area contributed by atoms with Crippen molar-refractivity contribution < 1.29 is 0 Å². The summed E-state index contributed by atoms with van der Waals surface area (Å²) in [5.41, 5.74) is 5.50. The molecule has 108 valence electrons. The molecule has 0 aliphatic heterocycles. The molecule has 1 heteroatoms. The van der Waals surface area contributed by atoms with Crippen LogP contribution in [-0.2, 0) is 0 Å². The Morgan fingerprint density at radius 2 is 2.00 bits per heavy atom. The van der Waals surface area contributed by atoms with E-state index in [4.69, 9.17) is 11.6 Å². The van der Waals surface area contributed by atoms with Gasteiger partial charge in [0.05, 0.1) is 0 Å². The van der Waals surface area contributed by atoms with Crippen LogP contribution in [0.2, 0.25) is 0 Å². The van der Waals surface area contributed by atoms with E-state index in [1.165, 1.54) is 28.7 Å². The van der Waals surface area contributed by atoms with Gasteiger partial charge in [-0.1, -0.05) is 69.1 Å². The second-order valence-corrected chi connectivity index (χ2v) is 6.40. The summed E-state index contributed by atoms with van der Waals surface area (Å²) >= 11 is 6.55. The first kappa shape index (κ1) is 15.4. The Balaban J connectivity index is 2.41. The maximum Gasteiger partial charge on any atom is 0.0443 e. The van der Waals surface area contributed by atoms with Gasteiger partial charge in [-0.15, -0.1) is 0 Å². The molecule has 1 aliphatic carbocycles. The first-order valence-corrected chi connectivity index (χ1v) is 8.14. The van der Waals surface area contributed by atoms with Gasteiger partial charge in [0.25, 0.3) is 0 Å². The van der Waals surface area contributed by atoms with E-state index >= 15 is 0 Å². The van der Waals surface area contributed by atoms with Gasteiger partial charge >= 0.3 is 0 Å². The van der Waals surface area contributed by atoms with E-state index in [0.717, 1.165) is 17.9 Å². The summed E-state index contributed by atoms with van der Waals surface area (Å²) in [5.74, 6) is 1.21. The van der Waals surface area contributed by atoms with Crippen molar-refractivity contribution in [2.45, 2.75) is 52.9 Å².